The molecule has 0 radical (unpaired) electrons. The van der Waals surface area contributed by atoms with Crippen molar-refractivity contribution < 1.29 is 29.3 Å². The van der Waals surface area contributed by atoms with E-state index in [4.69, 9.17) is 4.74 Å². The molecule has 4 amide bonds. The Balaban J connectivity index is 1.52. The maximum absolute atomic E-state index is 13.8. The molecule has 3 aromatic carbocycles. The Morgan fingerprint density at radius 1 is 0.936 bits per heavy atom. The summed E-state index contributed by atoms with van der Waals surface area (Å²) in [5, 5.41) is 30.5. The Morgan fingerprint density at radius 2 is 1.53 bits per heavy atom. The lowest BCUT2D eigenvalue weighted by Gasteiger charge is -2.37. The average Bonchev–Trinajstić information content (AvgIpc) is 3.02. The molecule has 1 aliphatic heterocycles. The summed E-state index contributed by atoms with van der Waals surface area (Å²) in [6.45, 7) is 8.23. The van der Waals surface area contributed by atoms with Crippen molar-refractivity contribution in [3.63, 3.8) is 0 Å². The van der Waals surface area contributed by atoms with Crippen LogP contribution in [0.25, 0.3) is 0 Å². The first-order valence-corrected chi connectivity index (χ1v) is 16.3. The van der Waals surface area contributed by atoms with Crippen LogP contribution in [-0.2, 0) is 22.4 Å². The molecule has 1 saturated heterocycles. The van der Waals surface area contributed by atoms with Crippen LogP contribution in [0, 0.1) is 19.8 Å². The average molecular weight is 645 g/mol. The van der Waals surface area contributed by atoms with E-state index in [2.05, 4.69) is 16.0 Å². The Kier molecular flexibility index (Phi) is 12.6. The third-order valence-electron chi connectivity index (χ3n) is 8.45. The van der Waals surface area contributed by atoms with Gasteiger partial charge in [-0.25, -0.2) is 4.79 Å². The van der Waals surface area contributed by atoms with E-state index in [1.165, 1.54) is 0 Å². The van der Waals surface area contributed by atoms with Crippen molar-refractivity contribution >= 4 is 17.8 Å². The predicted octanol–water partition coefficient (Wildman–Crippen LogP) is 4.03. The first kappa shape index (κ1) is 35.3. The third kappa shape index (κ3) is 10.2. The van der Waals surface area contributed by atoms with Crippen molar-refractivity contribution in [1.82, 2.24) is 20.9 Å². The van der Waals surface area contributed by atoms with Crippen LogP contribution in [0.1, 0.15) is 48.9 Å². The minimum atomic E-state index is -1.03. The number of aromatic hydroxyl groups is 1. The van der Waals surface area contributed by atoms with Gasteiger partial charge in [0.2, 0.25) is 5.91 Å². The Bertz CT molecular complexity index is 1460. The Labute approximate surface area is 277 Å². The predicted molar refractivity (Wildman–Crippen MR) is 181 cm³/mol. The Hall–Kier alpha value is -4.57. The van der Waals surface area contributed by atoms with E-state index in [1.807, 2.05) is 74.5 Å². The van der Waals surface area contributed by atoms with Gasteiger partial charge in [0.1, 0.15) is 17.5 Å². The SMILES string of the molecule is Cc1cc(O)cc(C)c1OCC(=O)N[C@@H](Cc1ccccc1)[C@@H](O)C[C@H](Cc1ccccc1)NC(=O)[C@H](C(C)C)N1CCCNC1=O. The summed E-state index contributed by atoms with van der Waals surface area (Å²) in [5.74, 6) is -0.171. The number of aliphatic hydroxyl groups is 1. The fourth-order valence-corrected chi connectivity index (χ4v) is 6.24. The van der Waals surface area contributed by atoms with Gasteiger partial charge in [0.15, 0.2) is 6.61 Å². The number of aliphatic hydroxyl groups excluding tert-OH is 1. The highest BCUT2D eigenvalue weighted by Crippen LogP contribution is 2.27. The fraction of sp³-hybridized carbons (Fsp3) is 0.432. The molecule has 1 aliphatic rings. The minimum absolute atomic E-state index is 0.124. The van der Waals surface area contributed by atoms with E-state index >= 15 is 0 Å². The van der Waals surface area contributed by atoms with Crippen LogP contribution in [0.2, 0.25) is 0 Å². The summed E-state index contributed by atoms with van der Waals surface area (Å²) in [7, 11) is 0. The molecule has 0 aliphatic carbocycles. The number of nitrogens with one attached hydrogen (secondary N) is 3. The number of phenolic OH excluding ortho intramolecular Hbond substituents is 1. The number of hydrogen-bond acceptors (Lipinski definition) is 6. The second kappa shape index (κ2) is 16.8. The molecule has 0 aromatic heterocycles. The minimum Gasteiger partial charge on any atom is -0.508 e. The third-order valence-corrected chi connectivity index (χ3v) is 8.45. The maximum atomic E-state index is 13.8. The van der Waals surface area contributed by atoms with Crippen LogP contribution in [0.5, 0.6) is 11.5 Å². The van der Waals surface area contributed by atoms with Gasteiger partial charge in [-0.15, -0.1) is 0 Å². The van der Waals surface area contributed by atoms with E-state index in [-0.39, 0.29) is 36.6 Å². The van der Waals surface area contributed by atoms with Crippen LogP contribution < -0.4 is 20.7 Å². The largest absolute Gasteiger partial charge is 0.508 e. The molecule has 10 heteroatoms. The van der Waals surface area contributed by atoms with Gasteiger partial charge in [-0.3, -0.25) is 9.59 Å². The highest BCUT2D eigenvalue weighted by molar-refractivity contribution is 5.87. The smallest absolute Gasteiger partial charge is 0.318 e. The fourth-order valence-electron chi connectivity index (χ4n) is 6.24. The summed E-state index contributed by atoms with van der Waals surface area (Å²) in [4.78, 5) is 41.3. The molecule has 4 atom stereocenters. The van der Waals surface area contributed by atoms with Crippen molar-refractivity contribution in [2.24, 2.45) is 5.92 Å². The van der Waals surface area contributed by atoms with Crippen molar-refractivity contribution in [1.29, 1.82) is 0 Å². The molecule has 5 N–H and O–H groups in total. The van der Waals surface area contributed by atoms with Crippen LogP contribution in [0.15, 0.2) is 72.8 Å². The van der Waals surface area contributed by atoms with Crippen molar-refractivity contribution in [2.75, 3.05) is 19.7 Å². The number of nitrogens with zero attached hydrogens (tertiary/aromatic N) is 1. The number of hydrogen-bond donors (Lipinski definition) is 5. The lowest BCUT2D eigenvalue weighted by molar-refractivity contribution is -0.128. The molecule has 3 aromatic rings. The number of carbonyl (C=O) groups excluding carboxylic acids is 3. The van der Waals surface area contributed by atoms with Gasteiger partial charge in [-0.05, 0) is 79.8 Å². The topological polar surface area (TPSA) is 140 Å². The molecule has 0 bridgehead atoms. The molecular formula is C37H48N4O6. The number of ether oxygens (including phenoxy) is 1. The van der Waals surface area contributed by atoms with E-state index in [9.17, 15) is 24.6 Å². The highest BCUT2D eigenvalue weighted by atomic mass is 16.5. The van der Waals surface area contributed by atoms with Gasteiger partial charge in [0.25, 0.3) is 5.91 Å². The lowest BCUT2D eigenvalue weighted by Crippen LogP contribution is -2.59. The van der Waals surface area contributed by atoms with Crippen LogP contribution in [-0.4, -0.2) is 76.9 Å². The molecule has 4 rings (SSSR count). The zero-order chi connectivity index (χ0) is 33.9. The van der Waals surface area contributed by atoms with Gasteiger partial charge >= 0.3 is 6.03 Å². The maximum Gasteiger partial charge on any atom is 0.318 e. The zero-order valence-electron chi connectivity index (χ0n) is 27.7. The molecule has 0 spiro atoms. The number of amides is 4. The summed E-state index contributed by atoms with van der Waals surface area (Å²) < 4.78 is 5.84. The summed E-state index contributed by atoms with van der Waals surface area (Å²) in [5.41, 5.74) is 3.33. The highest BCUT2D eigenvalue weighted by Gasteiger charge is 2.35. The number of benzene rings is 3. The molecule has 1 fully saturated rings. The molecular weight excluding hydrogens is 596 g/mol. The quantitative estimate of drug-likeness (QED) is 0.169. The number of aryl methyl sites for hydroxylation is 2. The zero-order valence-corrected chi connectivity index (χ0v) is 27.7. The normalized spacial score (nSPS) is 15.7. The second-order valence-electron chi connectivity index (χ2n) is 12.7. The van der Waals surface area contributed by atoms with Gasteiger partial charge < -0.3 is 35.8 Å². The number of urea groups is 1. The first-order valence-electron chi connectivity index (χ1n) is 16.3. The van der Waals surface area contributed by atoms with Crippen LogP contribution in [0.3, 0.4) is 0 Å². The Morgan fingerprint density at radius 3 is 2.11 bits per heavy atom. The van der Waals surface area contributed by atoms with Crippen LogP contribution >= 0.6 is 0 Å². The number of rotatable bonds is 15. The second-order valence-corrected chi connectivity index (χ2v) is 12.7. The molecule has 47 heavy (non-hydrogen) atoms. The molecule has 0 unspecified atom stereocenters. The van der Waals surface area contributed by atoms with E-state index in [0.717, 1.165) is 17.5 Å². The first-order chi connectivity index (χ1) is 22.5. The monoisotopic (exact) mass is 644 g/mol. The van der Waals surface area contributed by atoms with Gasteiger partial charge in [-0.1, -0.05) is 74.5 Å². The molecule has 1 heterocycles. The van der Waals surface area contributed by atoms with Crippen molar-refractivity contribution in [2.45, 2.75) is 77.6 Å². The summed E-state index contributed by atoms with van der Waals surface area (Å²) in [6.07, 6.45) is 0.701. The van der Waals surface area contributed by atoms with Gasteiger partial charge in [0.05, 0.1) is 12.1 Å². The molecule has 0 saturated carbocycles. The van der Waals surface area contributed by atoms with Crippen molar-refractivity contribution in [3.05, 3.63) is 95.1 Å². The molecule has 10 nitrogen and oxygen atoms in total. The van der Waals surface area contributed by atoms with Crippen LogP contribution in [0.4, 0.5) is 4.79 Å². The number of phenols is 1. The standard InChI is InChI=1S/C37H48N4O6/c1-24(2)34(41-17-11-16-38-37(41)46)36(45)39-29(20-27-12-7-5-8-13-27)22-32(43)31(21-28-14-9-6-10-15-28)40-33(44)23-47-35-25(3)18-30(42)19-26(35)4/h5-10,12-15,18-19,24,29,31-32,34,42-43H,11,16-17,20-23H2,1-4H3,(H,38,46)(H,39,45)(H,40,44)/t29-,31-,32-,34-/m0/s1. The van der Waals surface area contributed by atoms with Crippen molar-refractivity contribution in [3.8, 4) is 11.5 Å². The lowest BCUT2D eigenvalue weighted by atomic mass is 9.92. The van der Waals surface area contributed by atoms with Gasteiger partial charge in [-0.2, -0.15) is 0 Å². The summed E-state index contributed by atoms with van der Waals surface area (Å²) in [6, 6.07) is 20.4. The summed E-state index contributed by atoms with van der Waals surface area (Å²) >= 11 is 0. The van der Waals surface area contributed by atoms with Gasteiger partial charge in [0, 0.05) is 19.1 Å². The van der Waals surface area contributed by atoms with E-state index < -0.39 is 30.1 Å². The number of carbonyl (C=O) groups is 3. The molecule has 252 valence electrons. The van der Waals surface area contributed by atoms with E-state index in [1.54, 1.807) is 30.9 Å². The van der Waals surface area contributed by atoms with E-state index in [0.29, 0.717) is 42.8 Å².